The van der Waals surface area contributed by atoms with E-state index in [-0.39, 0.29) is 0 Å². The Morgan fingerprint density at radius 3 is 1.94 bits per heavy atom. The molecule has 0 saturated carbocycles. The quantitative estimate of drug-likeness (QED) is 0.599. The van der Waals surface area contributed by atoms with Gasteiger partial charge in [0.25, 0.3) is 0 Å². The molecular weight excluding hydrogens is 279 g/mol. The Labute approximate surface area is 114 Å². The zero-order valence-corrected chi connectivity index (χ0v) is 10.8. The van der Waals surface area contributed by atoms with Crippen LogP contribution in [0.4, 0.5) is 11.4 Å². The lowest BCUT2D eigenvalue weighted by atomic mass is 10.3. The van der Waals surface area contributed by atoms with Gasteiger partial charge >= 0.3 is 0 Å². The maximum atomic E-state index is 5.98. The minimum atomic E-state index is 0.377. The van der Waals surface area contributed by atoms with Crippen molar-refractivity contribution in [3.63, 3.8) is 0 Å². The molecule has 0 aromatic heterocycles. The molecule has 2 aromatic carbocycles. The Kier molecular flexibility index (Phi) is 4.00. The molecule has 0 radical (unpaired) electrons. The molecule has 0 unspecified atom stereocenters. The molecule has 0 aliphatic heterocycles. The first kappa shape index (κ1) is 12.4. The van der Waals surface area contributed by atoms with E-state index < -0.39 is 0 Å². The zero-order valence-electron chi connectivity index (χ0n) is 8.57. The Bertz CT molecular complexity index is 530. The molecule has 0 spiro atoms. The summed E-state index contributed by atoms with van der Waals surface area (Å²) >= 11 is 17.8. The third-order valence-corrected chi connectivity index (χ3v) is 2.80. The van der Waals surface area contributed by atoms with Gasteiger partial charge in [0, 0.05) is 5.02 Å². The highest BCUT2D eigenvalue weighted by Gasteiger charge is 2.06. The summed E-state index contributed by atoms with van der Waals surface area (Å²) in [6, 6.07) is 12.5. The van der Waals surface area contributed by atoms with E-state index in [1.807, 2.05) is 30.3 Å². The van der Waals surface area contributed by atoms with Crippen LogP contribution in [0.25, 0.3) is 0 Å². The van der Waals surface area contributed by atoms with Gasteiger partial charge < -0.3 is 0 Å². The van der Waals surface area contributed by atoms with Crippen LogP contribution < -0.4 is 0 Å². The van der Waals surface area contributed by atoms with Crippen LogP contribution in [0, 0.1) is 0 Å². The molecule has 0 bridgehead atoms. The van der Waals surface area contributed by atoms with Crippen LogP contribution in [0.1, 0.15) is 0 Å². The number of nitrogens with zero attached hydrogens (tertiary/aromatic N) is 2. The predicted octanol–water partition coefficient (Wildman–Crippen LogP) is 6.06. The normalized spacial score (nSPS) is 11.0. The van der Waals surface area contributed by atoms with Gasteiger partial charge in [-0.15, -0.1) is 5.11 Å². The summed E-state index contributed by atoms with van der Waals surface area (Å²) in [6.45, 7) is 0. The van der Waals surface area contributed by atoms with Gasteiger partial charge in [-0.3, -0.25) is 0 Å². The first-order chi connectivity index (χ1) is 8.16. The second kappa shape index (κ2) is 5.50. The fourth-order valence-electron chi connectivity index (χ4n) is 1.23. The number of hydrogen-bond acceptors (Lipinski definition) is 2. The number of azo groups is 1. The fraction of sp³-hybridized carbons (Fsp3) is 0. The molecule has 0 fully saturated rings. The van der Waals surface area contributed by atoms with Crippen LogP contribution in [0.3, 0.4) is 0 Å². The number of benzene rings is 2. The largest absolute Gasteiger partial charge is 0.150 e. The van der Waals surface area contributed by atoms with Crippen LogP contribution in [0.15, 0.2) is 52.7 Å². The van der Waals surface area contributed by atoms with Crippen molar-refractivity contribution >= 4 is 46.2 Å². The maximum Gasteiger partial charge on any atom is 0.123 e. The van der Waals surface area contributed by atoms with Gasteiger partial charge in [0.1, 0.15) is 5.69 Å². The number of halogens is 3. The molecule has 0 heterocycles. The molecule has 2 aromatic rings. The molecular formula is C12H7Cl3N2. The van der Waals surface area contributed by atoms with Crippen LogP contribution in [-0.2, 0) is 0 Å². The van der Waals surface area contributed by atoms with Gasteiger partial charge in [0.05, 0.1) is 15.7 Å². The van der Waals surface area contributed by atoms with E-state index in [0.717, 1.165) is 5.69 Å². The SMILES string of the molecule is Clc1cc(Cl)c(N=Nc2ccccc2)c(Cl)c1. The highest BCUT2D eigenvalue weighted by atomic mass is 35.5. The van der Waals surface area contributed by atoms with Gasteiger partial charge in [-0.1, -0.05) is 53.0 Å². The molecule has 86 valence electrons. The van der Waals surface area contributed by atoms with Gasteiger partial charge in [0.15, 0.2) is 0 Å². The fourth-order valence-corrected chi connectivity index (χ4v) is 2.13. The highest BCUT2D eigenvalue weighted by molar-refractivity contribution is 6.41. The molecule has 0 aliphatic rings. The molecule has 2 nitrogen and oxygen atoms in total. The van der Waals surface area contributed by atoms with E-state index in [0.29, 0.717) is 20.8 Å². The lowest BCUT2D eigenvalue weighted by Gasteiger charge is -2.00. The molecule has 5 heteroatoms. The van der Waals surface area contributed by atoms with Crippen molar-refractivity contribution in [2.24, 2.45) is 10.2 Å². The van der Waals surface area contributed by atoms with Crippen LogP contribution in [0.2, 0.25) is 15.1 Å². The molecule has 0 aliphatic carbocycles. The predicted molar refractivity (Wildman–Crippen MR) is 72.1 cm³/mol. The summed E-state index contributed by atoms with van der Waals surface area (Å²) in [6.07, 6.45) is 0. The summed E-state index contributed by atoms with van der Waals surface area (Å²) in [5.41, 5.74) is 1.15. The lowest BCUT2D eigenvalue weighted by molar-refractivity contribution is 1.23. The maximum absolute atomic E-state index is 5.98. The van der Waals surface area contributed by atoms with Crippen LogP contribution >= 0.6 is 34.8 Å². The molecule has 17 heavy (non-hydrogen) atoms. The zero-order chi connectivity index (χ0) is 12.3. The topological polar surface area (TPSA) is 24.7 Å². The Morgan fingerprint density at radius 1 is 0.765 bits per heavy atom. The molecule has 0 N–H and O–H groups in total. The second-order valence-corrected chi connectivity index (χ2v) is 4.50. The monoisotopic (exact) mass is 284 g/mol. The van der Waals surface area contributed by atoms with E-state index in [9.17, 15) is 0 Å². The van der Waals surface area contributed by atoms with Crippen LogP contribution in [-0.4, -0.2) is 0 Å². The smallest absolute Gasteiger partial charge is 0.123 e. The molecule has 2 rings (SSSR count). The van der Waals surface area contributed by atoms with Gasteiger partial charge in [-0.2, -0.15) is 5.11 Å². The van der Waals surface area contributed by atoms with Crippen LogP contribution in [0.5, 0.6) is 0 Å². The average Bonchev–Trinajstić information content (AvgIpc) is 2.29. The van der Waals surface area contributed by atoms with Crippen molar-refractivity contribution in [1.82, 2.24) is 0 Å². The van der Waals surface area contributed by atoms with E-state index in [1.165, 1.54) is 0 Å². The Morgan fingerprint density at radius 2 is 1.35 bits per heavy atom. The second-order valence-electron chi connectivity index (χ2n) is 3.25. The van der Waals surface area contributed by atoms with Gasteiger partial charge in [-0.05, 0) is 24.3 Å². The minimum Gasteiger partial charge on any atom is -0.150 e. The van der Waals surface area contributed by atoms with Crippen molar-refractivity contribution in [2.45, 2.75) is 0 Å². The highest BCUT2D eigenvalue weighted by Crippen LogP contribution is 2.36. The Hall–Kier alpha value is -1.09. The van der Waals surface area contributed by atoms with E-state index in [2.05, 4.69) is 10.2 Å². The molecule has 0 atom stereocenters. The van der Waals surface area contributed by atoms with E-state index in [4.69, 9.17) is 34.8 Å². The molecule has 0 saturated heterocycles. The first-order valence-electron chi connectivity index (χ1n) is 4.78. The lowest BCUT2D eigenvalue weighted by Crippen LogP contribution is -1.72. The van der Waals surface area contributed by atoms with Crippen molar-refractivity contribution in [3.8, 4) is 0 Å². The standard InChI is InChI=1S/C12H7Cl3N2/c13-8-6-10(14)12(11(15)7-8)17-16-9-4-2-1-3-5-9/h1-7H. The van der Waals surface area contributed by atoms with Crippen molar-refractivity contribution in [2.75, 3.05) is 0 Å². The third-order valence-electron chi connectivity index (χ3n) is 2.00. The van der Waals surface area contributed by atoms with Crippen molar-refractivity contribution < 1.29 is 0 Å². The number of rotatable bonds is 2. The molecule has 0 amide bonds. The summed E-state index contributed by atoms with van der Waals surface area (Å²) in [7, 11) is 0. The van der Waals surface area contributed by atoms with E-state index >= 15 is 0 Å². The summed E-state index contributed by atoms with van der Waals surface area (Å²) in [5.74, 6) is 0. The Balaban J connectivity index is 2.34. The number of hydrogen-bond donors (Lipinski definition) is 0. The summed E-state index contributed by atoms with van der Waals surface area (Å²) in [4.78, 5) is 0. The average molecular weight is 286 g/mol. The minimum absolute atomic E-state index is 0.377. The third kappa shape index (κ3) is 3.19. The summed E-state index contributed by atoms with van der Waals surface area (Å²) in [5, 5.41) is 9.29. The first-order valence-corrected chi connectivity index (χ1v) is 5.91. The summed E-state index contributed by atoms with van der Waals surface area (Å²) < 4.78 is 0. The van der Waals surface area contributed by atoms with E-state index in [1.54, 1.807) is 12.1 Å². The van der Waals surface area contributed by atoms with Crippen molar-refractivity contribution in [1.29, 1.82) is 0 Å². The van der Waals surface area contributed by atoms with Gasteiger partial charge in [0.2, 0.25) is 0 Å². The van der Waals surface area contributed by atoms with Gasteiger partial charge in [-0.25, -0.2) is 0 Å². The van der Waals surface area contributed by atoms with Crippen molar-refractivity contribution in [3.05, 3.63) is 57.5 Å².